The molecule has 104 valence electrons. The molecular weight excluding hydrogens is 252 g/mol. The van der Waals surface area contributed by atoms with E-state index in [-0.39, 0.29) is 5.91 Å². The van der Waals surface area contributed by atoms with Crippen molar-refractivity contribution in [3.8, 4) is 0 Å². The number of ether oxygens (including phenoxy) is 2. The molecule has 0 spiro atoms. The molecule has 19 heavy (non-hydrogen) atoms. The predicted octanol–water partition coefficient (Wildman–Crippen LogP) is -0.116. The van der Waals surface area contributed by atoms with Crippen molar-refractivity contribution in [2.45, 2.75) is 37.8 Å². The van der Waals surface area contributed by atoms with Crippen LogP contribution in [0.25, 0.3) is 0 Å². The van der Waals surface area contributed by atoms with Crippen molar-refractivity contribution < 1.29 is 23.9 Å². The molecule has 2 aliphatic rings. The number of rotatable bonds is 2. The lowest BCUT2D eigenvalue weighted by Crippen LogP contribution is -2.42. The Kier molecular flexibility index (Phi) is 3.82. The van der Waals surface area contributed by atoms with Crippen molar-refractivity contribution in [3.05, 3.63) is 0 Å². The highest BCUT2D eigenvalue weighted by Gasteiger charge is 2.41. The third-order valence-electron chi connectivity index (χ3n) is 3.38. The van der Waals surface area contributed by atoms with Gasteiger partial charge in [0.2, 0.25) is 5.91 Å². The van der Waals surface area contributed by atoms with Crippen LogP contribution in [-0.2, 0) is 23.9 Å². The summed E-state index contributed by atoms with van der Waals surface area (Å²) in [6.07, 6.45) is 1.70. The van der Waals surface area contributed by atoms with Crippen LogP contribution in [0.4, 0.5) is 0 Å². The van der Waals surface area contributed by atoms with Gasteiger partial charge in [-0.3, -0.25) is 14.7 Å². The molecular formula is C12H16N2O5. The number of carbonyl (C=O) groups excluding carboxylic acids is 3. The van der Waals surface area contributed by atoms with E-state index in [0.29, 0.717) is 31.5 Å². The summed E-state index contributed by atoms with van der Waals surface area (Å²) >= 11 is 0. The van der Waals surface area contributed by atoms with Crippen LogP contribution in [0, 0.1) is 0 Å². The van der Waals surface area contributed by atoms with Gasteiger partial charge in [0.15, 0.2) is 0 Å². The van der Waals surface area contributed by atoms with Gasteiger partial charge in [-0.2, -0.15) is 0 Å². The average molecular weight is 268 g/mol. The van der Waals surface area contributed by atoms with Gasteiger partial charge in [0, 0.05) is 12.8 Å². The van der Waals surface area contributed by atoms with E-state index >= 15 is 0 Å². The van der Waals surface area contributed by atoms with E-state index in [0.717, 1.165) is 0 Å². The van der Waals surface area contributed by atoms with Crippen LogP contribution in [0.5, 0.6) is 0 Å². The van der Waals surface area contributed by atoms with Crippen LogP contribution in [0.2, 0.25) is 0 Å². The highest BCUT2D eigenvalue weighted by atomic mass is 16.5. The molecule has 7 heteroatoms. The first kappa shape index (κ1) is 13.5. The minimum atomic E-state index is -0.618. The molecule has 0 unspecified atom stereocenters. The fourth-order valence-electron chi connectivity index (χ4n) is 2.43. The molecule has 0 N–H and O–H groups in total. The second-order valence-electron chi connectivity index (χ2n) is 4.46. The van der Waals surface area contributed by atoms with Crippen LogP contribution in [0.1, 0.15) is 25.7 Å². The summed E-state index contributed by atoms with van der Waals surface area (Å²) < 4.78 is 9.31. The highest BCUT2D eigenvalue weighted by Crippen LogP contribution is 2.26. The summed E-state index contributed by atoms with van der Waals surface area (Å²) in [6.45, 7) is 0. The summed E-state index contributed by atoms with van der Waals surface area (Å²) in [5.41, 5.74) is 0. The number of nitrogens with zero attached hydrogens (tertiary/aromatic N) is 2. The van der Waals surface area contributed by atoms with Gasteiger partial charge in [0.05, 0.1) is 14.2 Å². The molecule has 0 aromatic heterocycles. The number of amides is 1. The standard InChI is InChI=1S/C12H16N2O5/c1-18-11(16)7-3-5-9(13-7)14-8(12(17)19-2)4-6-10(14)15/h7-8H,3-6H2,1-2H3/t7-,8-/m1/s1. The van der Waals surface area contributed by atoms with Crippen LogP contribution in [-0.4, -0.2) is 54.9 Å². The van der Waals surface area contributed by atoms with E-state index in [1.807, 2.05) is 0 Å². The van der Waals surface area contributed by atoms with Crippen LogP contribution >= 0.6 is 0 Å². The molecule has 0 radical (unpaired) electrons. The molecule has 2 aliphatic heterocycles. The van der Waals surface area contributed by atoms with E-state index in [2.05, 4.69) is 14.5 Å². The molecule has 2 atom stereocenters. The van der Waals surface area contributed by atoms with Gasteiger partial charge in [0.1, 0.15) is 17.9 Å². The summed E-state index contributed by atoms with van der Waals surface area (Å²) in [6, 6.07) is -1.20. The number of hydrogen-bond acceptors (Lipinski definition) is 6. The topological polar surface area (TPSA) is 85.3 Å². The Morgan fingerprint density at radius 2 is 1.84 bits per heavy atom. The van der Waals surface area contributed by atoms with E-state index < -0.39 is 24.0 Å². The zero-order chi connectivity index (χ0) is 14.0. The number of amidine groups is 1. The number of methoxy groups -OCH3 is 2. The fraction of sp³-hybridized carbons (Fsp3) is 0.667. The number of carbonyl (C=O) groups is 3. The second-order valence-corrected chi connectivity index (χ2v) is 4.46. The molecule has 2 heterocycles. The summed E-state index contributed by atoms with van der Waals surface area (Å²) in [5, 5.41) is 0. The van der Waals surface area contributed by atoms with Crippen LogP contribution in [0.3, 0.4) is 0 Å². The van der Waals surface area contributed by atoms with Crippen molar-refractivity contribution in [1.29, 1.82) is 0 Å². The highest BCUT2D eigenvalue weighted by molar-refractivity contribution is 6.05. The molecule has 1 fully saturated rings. The minimum absolute atomic E-state index is 0.153. The predicted molar refractivity (Wildman–Crippen MR) is 64.4 cm³/mol. The second kappa shape index (κ2) is 5.38. The van der Waals surface area contributed by atoms with Crippen molar-refractivity contribution in [2.24, 2.45) is 4.99 Å². The molecule has 1 saturated heterocycles. The SMILES string of the molecule is COC(=O)[C@H]1CCC(=O)N1C1=N[C@@H](C(=O)OC)CC1. The Bertz CT molecular complexity index is 445. The van der Waals surface area contributed by atoms with Crippen molar-refractivity contribution >= 4 is 23.7 Å². The Labute approximate surface area is 110 Å². The Hall–Kier alpha value is -1.92. The molecule has 1 amide bonds. The average Bonchev–Trinajstić information content (AvgIpc) is 3.03. The fourth-order valence-corrected chi connectivity index (χ4v) is 2.43. The largest absolute Gasteiger partial charge is 0.467 e. The zero-order valence-electron chi connectivity index (χ0n) is 10.9. The zero-order valence-corrected chi connectivity index (χ0v) is 10.9. The van der Waals surface area contributed by atoms with Crippen molar-refractivity contribution in [2.75, 3.05) is 14.2 Å². The number of esters is 2. The Morgan fingerprint density at radius 3 is 2.47 bits per heavy atom. The van der Waals surface area contributed by atoms with Crippen LogP contribution in [0.15, 0.2) is 4.99 Å². The first-order valence-corrected chi connectivity index (χ1v) is 6.13. The van der Waals surface area contributed by atoms with E-state index in [4.69, 9.17) is 0 Å². The summed E-state index contributed by atoms with van der Waals surface area (Å²) in [4.78, 5) is 40.5. The van der Waals surface area contributed by atoms with Crippen LogP contribution < -0.4 is 0 Å². The number of hydrogen-bond donors (Lipinski definition) is 0. The van der Waals surface area contributed by atoms with E-state index in [9.17, 15) is 14.4 Å². The molecule has 0 aliphatic carbocycles. The monoisotopic (exact) mass is 268 g/mol. The van der Waals surface area contributed by atoms with Crippen molar-refractivity contribution in [3.63, 3.8) is 0 Å². The maximum Gasteiger partial charge on any atom is 0.330 e. The molecule has 0 saturated carbocycles. The normalized spacial score (nSPS) is 26.3. The number of aliphatic imine (C=N–C) groups is 1. The lowest BCUT2D eigenvalue weighted by Gasteiger charge is -2.22. The van der Waals surface area contributed by atoms with Gasteiger partial charge in [-0.05, 0) is 12.8 Å². The van der Waals surface area contributed by atoms with Gasteiger partial charge in [-0.15, -0.1) is 0 Å². The third-order valence-corrected chi connectivity index (χ3v) is 3.38. The maximum atomic E-state index is 11.9. The molecule has 0 aromatic carbocycles. The van der Waals surface area contributed by atoms with Gasteiger partial charge < -0.3 is 9.47 Å². The van der Waals surface area contributed by atoms with E-state index in [1.54, 1.807) is 0 Å². The van der Waals surface area contributed by atoms with E-state index in [1.165, 1.54) is 19.1 Å². The Balaban J connectivity index is 2.18. The maximum absolute atomic E-state index is 11.9. The summed E-state index contributed by atoms with van der Waals surface area (Å²) in [5.74, 6) is -0.542. The first-order valence-electron chi connectivity index (χ1n) is 6.13. The van der Waals surface area contributed by atoms with Gasteiger partial charge in [-0.1, -0.05) is 0 Å². The number of likely N-dealkylation sites (tertiary alicyclic amines) is 1. The Morgan fingerprint density at radius 1 is 1.16 bits per heavy atom. The summed E-state index contributed by atoms with van der Waals surface area (Å²) in [7, 11) is 2.59. The van der Waals surface area contributed by atoms with Crippen molar-refractivity contribution in [1.82, 2.24) is 4.90 Å². The molecule has 0 bridgehead atoms. The lowest BCUT2D eigenvalue weighted by molar-refractivity contribution is -0.146. The smallest absolute Gasteiger partial charge is 0.330 e. The van der Waals surface area contributed by atoms with Gasteiger partial charge >= 0.3 is 11.9 Å². The third kappa shape index (κ3) is 2.45. The quantitative estimate of drug-likeness (QED) is 0.652. The first-order chi connectivity index (χ1) is 9.08. The minimum Gasteiger partial charge on any atom is -0.467 e. The molecule has 0 aromatic rings. The lowest BCUT2D eigenvalue weighted by atomic mass is 10.2. The molecule has 7 nitrogen and oxygen atoms in total. The van der Waals surface area contributed by atoms with Gasteiger partial charge in [-0.25, -0.2) is 9.59 Å². The van der Waals surface area contributed by atoms with Gasteiger partial charge in [0.25, 0.3) is 0 Å². The molecule has 2 rings (SSSR count).